The first kappa shape index (κ1) is 24.4. The van der Waals surface area contributed by atoms with Crippen LogP contribution in [0.25, 0.3) is 0 Å². The zero-order chi connectivity index (χ0) is 16.9. The summed E-state index contributed by atoms with van der Waals surface area (Å²) < 4.78 is 65.1. The normalized spacial score (nSPS) is 16.0. The molecule has 146 valence electrons. The number of nitrogens with zero attached hydrogens (tertiary/aromatic N) is 1. The summed E-state index contributed by atoms with van der Waals surface area (Å²) in [6.07, 6.45) is -4.56. The van der Waals surface area contributed by atoms with Gasteiger partial charge < -0.3 is 5.32 Å². The molecule has 0 unspecified atom stereocenters. The minimum atomic E-state index is -4.56. The first-order chi connectivity index (χ1) is 10.8. The largest absolute Gasteiger partial charge is 0.416 e. The van der Waals surface area contributed by atoms with Crippen LogP contribution in [0, 0.1) is 0 Å². The van der Waals surface area contributed by atoms with E-state index in [1.165, 1.54) is 18.2 Å². The number of hydrogen-bond acceptors (Lipinski definition) is 4. The number of sulfonamides is 1. The maximum Gasteiger partial charge on any atom is 0.416 e. The molecule has 1 aliphatic rings. The second-order valence-electron chi connectivity index (χ2n) is 5.40. The third-order valence-electron chi connectivity index (χ3n) is 3.63. The average molecular weight is 424 g/mol. The average Bonchev–Trinajstić information content (AvgIpc) is 2.47. The molecule has 2 N–H and O–H groups in total. The Kier molecular flexibility index (Phi) is 10.3. The summed E-state index contributed by atoms with van der Waals surface area (Å²) in [5, 5.41) is 3.19. The molecule has 25 heavy (non-hydrogen) atoms. The van der Waals surface area contributed by atoms with Gasteiger partial charge in [0.15, 0.2) is 0 Å². The van der Waals surface area contributed by atoms with E-state index in [-0.39, 0.29) is 36.9 Å². The van der Waals surface area contributed by atoms with Gasteiger partial charge in [-0.2, -0.15) is 13.2 Å². The number of halogens is 5. The van der Waals surface area contributed by atoms with E-state index in [0.29, 0.717) is 6.54 Å². The lowest BCUT2D eigenvalue weighted by Crippen LogP contribution is -2.46. The minimum Gasteiger partial charge on any atom is -0.314 e. The van der Waals surface area contributed by atoms with Crippen LogP contribution >= 0.6 is 24.8 Å². The summed E-state index contributed by atoms with van der Waals surface area (Å²) in [5.41, 5.74) is -1.15. The molecule has 5 nitrogen and oxygen atoms in total. The highest BCUT2D eigenvalue weighted by Gasteiger charge is 2.33. The van der Waals surface area contributed by atoms with Crippen LogP contribution in [-0.2, 0) is 22.0 Å². The van der Waals surface area contributed by atoms with E-state index in [1.807, 2.05) is 0 Å². The molecule has 0 atom stereocenters. The summed E-state index contributed by atoms with van der Waals surface area (Å²) >= 11 is 0. The fraction of sp³-hybridized carbons (Fsp3) is 0.571. The van der Waals surface area contributed by atoms with Crippen LogP contribution in [0.15, 0.2) is 24.3 Å². The summed E-state index contributed by atoms with van der Waals surface area (Å²) in [6.45, 7) is 4.10. The Morgan fingerprint density at radius 3 is 2.32 bits per heavy atom. The van der Waals surface area contributed by atoms with Gasteiger partial charge in [0, 0.05) is 39.3 Å². The van der Waals surface area contributed by atoms with Gasteiger partial charge in [-0.05, 0) is 11.6 Å². The molecule has 0 aliphatic carbocycles. The zero-order valence-corrected chi connectivity index (χ0v) is 15.8. The van der Waals surface area contributed by atoms with Gasteiger partial charge in [-0.25, -0.2) is 13.1 Å². The maximum atomic E-state index is 12.9. The van der Waals surface area contributed by atoms with Gasteiger partial charge in [0.25, 0.3) is 0 Å². The SMILES string of the molecule is Cl.Cl.O=S(=O)(Cc1ccccc1C(F)(F)F)NCCN1CCNCC1. The quantitative estimate of drug-likeness (QED) is 0.732. The molecule has 0 amide bonds. The molecule has 0 bridgehead atoms. The Morgan fingerprint density at radius 2 is 1.72 bits per heavy atom. The Labute approximate surface area is 158 Å². The molecular weight excluding hydrogens is 402 g/mol. The van der Waals surface area contributed by atoms with Crippen molar-refractivity contribution in [2.45, 2.75) is 11.9 Å². The number of rotatable bonds is 6. The first-order valence-corrected chi connectivity index (χ1v) is 8.99. The van der Waals surface area contributed by atoms with Crippen LogP contribution in [0.4, 0.5) is 13.2 Å². The van der Waals surface area contributed by atoms with Gasteiger partial charge in [-0.3, -0.25) is 4.90 Å². The summed E-state index contributed by atoms with van der Waals surface area (Å²) in [6, 6.07) is 4.74. The molecule has 1 heterocycles. The lowest BCUT2D eigenvalue weighted by molar-refractivity contribution is -0.138. The molecule has 1 fully saturated rings. The summed E-state index contributed by atoms with van der Waals surface area (Å²) in [5.74, 6) is -0.676. The molecule has 1 aromatic carbocycles. The molecule has 0 aromatic heterocycles. The second-order valence-corrected chi connectivity index (χ2v) is 7.21. The standard InChI is InChI=1S/C14H20F3N3O2S.2ClH/c15-14(16,17)13-4-2-1-3-12(13)11-23(21,22)19-7-10-20-8-5-18-6-9-20;;/h1-4,18-19H,5-11H2;2*1H. The van der Waals surface area contributed by atoms with E-state index < -0.39 is 27.5 Å². The topological polar surface area (TPSA) is 61.4 Å². The van der Waals surface area contributed by atoms with E-state index in [1.54, 1.807) is 0 Å². The number of benzene rings is 1. The smallest absolute Gasteiger partial charge is 0.314 e. The van der Waals surface area contributed by atoms with Crippen molar-refractivity contribution in [1.29, 1.82) is 0 Å². The van der Waals surface area contributed by atoms with Crippen molar-refractivity contribution in [3.63, 3.8) is 0 Å². The third kappa shape index (κ3) is 8.10. The van der Waals surface area contributed by atoms with Crippen molar-refractivity contribution >= 4 is 34.8 Å². The highest BCUT2D eigenvalue weighted by Crippen LogP contribution is 2.32. The number of nitrogens with one attached hydrogen (secondary N) is 2. The van der Waals surface area contributed by atoms with Crippen LogP contribution in [-0.4, -0.2) is 52.6 Å². The highest BCUT2D eigenvalue weighted by molar-refractivity contribution is 7.88. The number of hydrogen-bond donors (Lipinski definition) is 2. The predicted octanol–water partition coefficient (Wildman–Crippen LogP) is 1.87. The van der Waals surface area contributed by atoms with Crippen molar-refractivity contribution in [3.05, 3.63) is 35.4 Å². The fourth-order valence-corrected chi connectivity index (χ4v) is 3.64. The van der Waals surface area contributed by atoms with Crippen LogP contribution in [0.3, 0.4) is 0 Å². The summed E-state index contributed by atoms with van der Waals surface area (Å²) in [7, 11) is -3.81. The fourth-order valence-electron chi connectivity index (χ4n) is 2.47. The monoisotopic (exact) mass is 423 g/mol. The van der Waals surface area contributed by atoms with E-state index in [0.717, 1.165) is 32.2 Å². The lowest BCUT2D eigenvalue weighted by atomic mass is 10.1. The van der Waals surface area contributed by atoms with Gasteiger partial charge >= 0.3 is 6.18 Å². The van der Waals surface area contributed by atoms with Crippen LogP contribution in [0.1, 0.15) is 11.1 Å². The molecule has 1 aromatic rings. The van der Waals surface area contributed by atoms with E-state index in [4.69, 9.17) is 0 Å². The Balaban J connectivity index is 0.00000288. The summed E-state index contributed by atoms with van der Waals surface area (Å²) in [4.78, 5) is 2.10. The zero-order valence-electron chi connectivity index (χ0n) is 13.4. The molecule has 0 saturated carbocycles. The van der Waals surface area contributed by atoms with Gasteiger partial charge in [0.2, 0.25) is 10.0 Å². The second kappa shape index (κ2) is 10.5. The van der Waals surface area contributed by atoms with Crippen LogP contribution < -0.4 is 10.0 Å². The number of alkyl halides is 3. The Hall–Kier alpha value is -0.580. The van der Waals surface area contributed by atoms with Crippen molar-refractivity contribution in [1.82, 2.24) is 14.9 Å². The highest BCUT2D eigenvalue weighted by atomic mass is 35.5. The molecule has 1 aliphatic heterocycles. The van der Waals surface area contributed by atoms with Crippen molar-refractivity contribution in [2.24, 2.45) is 0 Å². The van der Waals surface area contributed by atoms with Crippen LogP contribution in [0.2, 0.25) is 0 Å². The molecule has 1 saturated heterocycles. The van der Waals surface area contributed by atoms with E-state index >= 15 is 0 Å². The van der Waals surface area contributed by atoms with Gasteiger partial charge in [0.05, 0.1) is 11.3 Å². The molecular formula is C14H22Cl2F3N3O2S. The van der Waals surface area contributed by atoms with Gasteiger partial charge in [0.1, 0.15) is 0 Å². The van der Waals surface area contributed by atoms with E-state index in [2.05, 4.69) is 14.9 Å². The maximum absolute atomic E-state index is 12.9. The van der Waals surface area contributed by atoms with Crippen molar-refractivity contribution in [2.75, 3.05) is 39.3 Å². The Bertz CT molecular complexity index is 624. The van der Waals surface area contributed by atoms with Crippen LogP contribution in [0.5, 0.6) is 0 Å². The van der Waals surface area contributed by atoms with Gasteiger partial charge in [-0.15, -0.1) is 24.8 Å². The Morgan fingerprint density at radius 1 is 1.12 bits per heavy atom. The minimum absolute atomic E-state index is 0. The van der Waals surface area contributed by atoms with Crippen molar-refractivity contribution < 1.29 is 21.6 Å². The molecule has 0 radical (unpaired) electrons. The van der Waals surface area contributed by atoms with E-state index in [9.17, 15) is 21.6 Å². The predicted molar refractivity (Wildman–Crippen MR) is 95.9 cm³/mol. The molecule has 11 heteroatoms. The van der Waals surface area contributed by atoms with Crippen molar-refractivity contribution in [3.8, 4) is 0 Å². The lowest BCUT2D eigenvalue weighted by Gasteiger charge is -2.27. The molecule has 2 rings (SSSR count). The first-order valence-electron chi connectivity index (χ1n) is 7.33. The third-order valence-corrected chi connectivity index (χ3v) is 4.96. The van der Waals surface area contributed by atoms with Gasteiger partial charge in [-0.1, -0.05) is 18.2 Å². The molecule has 0 spiro atoms. The number of piperazine rings is 1.